The Hall–Kier alpha value is -2.42. The van der Waals surface area contributed by atoms with Gasteiger partial charge in [0.15, 0.2) is 0 Å². The van der Waals surface area contributed by atoms with Crippen LogP contribution in [0.3, 0.4) is 0 Å². The van der Waals surface area contributed by atoms with Gasteiger partial charge in [-0.25, -0.2) is 14.6 Å². The van der Waals surface area contributed by atoms with Gasteiger partial charge in [-0.15, -0.1) is 0 Å². The first-order chi connectivity index (χ1) is 11.5. The second kappa shape index (κ2) is 7.91. The molecule has 1 aromatic rings. The molecule has 0 bridgehead atoms. The van der Waals surface area contributed by atoms with Crippen molar-refractivity contribution in [3.63, 3.8) is 0 Å². The Morgan fingerprint density at radius 3 is 2.75 bits per heavy atom. The average molecular weight is 339 g/mol. The molecule has 1 aliphatic rings. The minimum atomic E-state index is -1.16. The first-order valence-electron chi connectivity index (χ1n) is 7.67. The number of rotatable bonds is 7. The van der Waals surface area contributed by atoms with Gasteiger partial charge in [0.2, 0.25) is 5.91 Å². The summed E-state index contributed by atoms with van der Waals surface area (Å²) in [4.78, 5) is 40.6. The van der Waals surface area contributed by atoms with Crippen LogP contribution < -0.4 is 0 Å². The van der Waals surface area contributed by atoms with Gasteiger partial charge in [-0.3, -0.25) is 4.79 Å². The standard InChI is InChI=1S/C15H21N3O6/c1-3-4-17-9-16-10-5-11(15(22)23-2)18(6-12(10)17)13(19)7-24-8-14(20)21/h9,11H,3-8H2,1-2H3,(H,20,21)/t11-/m0/s1. The molecule has 0 fully saturated rings. The molecule has 1 aromatic heterocycles. The first-order valence-corrected chi connectivity index (χ1v) is 7.67. The van der Waals surface area contributed by atoms with E-state index >= 15 is 0 Å². The summed E-state index contributed by atoms with van der Waals surface area (Å²) >= 11 is 0. The van der Waals surface area contributed by atoms with Crippen LogP contribution in [-0.4, -0.2) is 63.8 Å². The summed E-state index contributed by atoms with van der Waals surface area (Å²) < 4.78 is 11.6. The van der Waals surface area contributed by atoms with Crippen molar-refractivity contribution in [3.05, 3.63) is 17.7 Å². The van der Waals surface area contributed by atoms with Gasteiger partial charge < -0.3 is 24.0 Å². The molecular weight excluding hydrogens is 318 g/mol. The maximum atomic E-state index is 12.4. The number of ether oxygens (including phenoxy) is 2. The zero-order valence-corrected chi connectivity index (χ0v) is 13.7. The van der Waals surface area contributed by atoms with E-state index in [-0.39, 0.29) is 13.0 Å². The lowest BCUT2D eigenvalue weighted by Crippen LogP contribution is -2.50. The lowest BCUT2D eigenvalue weighted by molar-refractivity contribution is -0.157. The van der Waals surface area contributed by atoms with E-state index < -0.39 is 37.1 Å². The predicted octanol–water partition coefficient (Wildman–Crippen LogP) is -0.179. The van der Waals surface area contributed by atoms with E-state index in [9.17, 15) is 14.4 Å². The molecule has 1 atom stereocenters. The van der Waals surface area contributed by atoms with E-state index in [1.54, 1.807) is 6.33 Å². The van der Waals surface area contributed by atoms with E-state index in [1.807, 2.05) is 11.5 Å². The monoisotopic (exact) mass is 339 g/mol. The van der Waals surface area contributed by atoms with E-state index in [1.165, 1.54) is 12.0 Å². The highest BCUT2D eigenvalue weighted by Gasteiger charge is 2.37. The van der Waals surface area contributed by atoms with E-state index in [0.29, 0.717) is 0 Å². The Balaban J connectivity index is 2.18. The van der Waals surface area contributed by atoms with Gasteiger partial charge in [-0.05, 0) is 6.42 Å². The number of carbonyl (C=O) groups excluding carboxylic acids is 2. The zero-order valence-electron chi connectivity index (χ0n) is 13.7. The molecule has 0 aromatic carbocycles. The Morgan fingerprint density at radius 2 is 2.12 bits per heavy atom. The number of aryl methyl sites for hydroxylation is 1. The number of hydrogen-bond acceptors (Lipinski definition) is 6. The number of aromatic nitrogens is 2. The van der Waals surface area contributed by atoms with Crippen LogP contribution in [0.2, 0.25) is 0 Å². The van der Waals surface area contributed by atoms with Crippen molar-refractivity contribution in [2.75, 3.05) is 20.3 Å². The summed E-state index contributed by atoms with van der Waals surface area (Å²) in [6.07, 6.45) is 2.89. The lowest BCUT2D eigenvalue weighted by Gasteiger charge is -2.33. The highest BCUT2D eigenvalue weighted by atomic mass is 16.5. The fourth-order valence-corrected chi connectivity index (χ4v) is 2.72. The van der Waals surface area contributed by atoms with Crippen molar-refractivity contribution >= 4 is 17.8 Å². The zero-order chi connectivity index (χ0) is 17.7. The summed E-state index contributed by atoms with van der Waals surface area (Å²) in [5.41, 5.74) is 1.65. The summed E-state index contributed by atoms with van der Waals surface area (Å²) in [6.45, 7) is 2.04. The number of amides is 1. The number of aliphatic carboxylic acids is 1. The third-order valence-corrected chi connectivity index (χ3v) is 3.82. The van der Waals surface area contributed by atoms with Gasteiger partial charge >= 0.3 is 11.9 Å². The Morgan fingerprint density at radius 1 is 1.38 bits per heavy atom. The number of carboxylic acid groups (broad SMARTS) is 1. The molecule has 24 heavy (non-hydrogen) atoms. The molecule has 9 heteroatoms. The molecule has 1 aliphatic heterocycles. The maximum absolute atomic E-state index is 12.4. The minimum absolute atomic E-state index is 0.213. The first kappa shape index (κ1) is 17.9. The van der Waals surface area contributed by atoms with Crippen molar-refractivity contribution in [1.29, 1.82) is 0 Å². The lowest BCUT2D eigenvalue weighted by atomic mass is 10.0. The smallest absolute Gasteiger partial charge is 0.329 e. The minimum Gasteiger partial charge on any atom is -0.480 e. The Kier molecular flexibility index (Phi) is 5.91. The van der Waals surface area contributed by atoms with Crippen LogP contribution in [0.5, 0.6) is 0 Å². The van der Waals surface area contributed by atoms with Crippen molar-refractivity contribution in [3.8, 4) is 0 Å². The predicted molar refractivity (Wildman–Crippen MR) is 81.0 cm³/mol. The molecule has 0 saturated heterocycles. The number of fused-ring (bicyclic) bond motifs is 1. The molecule has 0 aliphatic carbocycles. The molecule has 2 heterocycles. The van der Waals surface area contributed by atoms with Crippen LogP contribution in [0.25, 0.3) is 0 Å². The summed E-state index contributed by atoms with van der Waals surface area (Å²) in [6, 6.07) is -0.784. The molecule has 0 unspecified atom stereocenters. The normalized spacial score (nSPS) is 16.6. The van der Waals surface area contributed by atoms with Gasteiger partial charge in [0, 0.05) is 13.0 Å². The van der Waals surface area contributed by atoms with Crippen LogP contribution >= 0.6 is 0 Å². The highest BCUT2D eigenvalue weighted by Crippen LogP contribution is 2.24. The summed E-state index contributed by atoms with van der Waals surface area (Å²) in [5, 5.41) is 8.58. The van der Waals surface area contributed by atoms with Gasteiger partial charge in [0.05, 0.1) is 31.4 Å². The largest absolute Gasteiger partial charge is 0.480 e. The van der Waals surface area contributed by atoms with Gasteiger partial charge in [-0.2, -0.15) is 0 Å². The molecule has 1 N–H and O–H groups in total. The Bertz CT molecular complexity index is 627. The van der Waals surface area contributed by atoms with Gasteiger partial charge in [-0.1, -0.05) is 6.92 Å². The topological polar surface area (TPSA) is 111 Å². The summed E-state index contributed by atoms with van der Waals surface area (Å²) in [5.74, 6) is -2.15. The van der Waals surface area contributed by atoms with Crippen LogP contribution in [0.15, 0.2) is 6.33 Å². The maximum Gasteiger partial charge on any atom is 0.329 e. The molecule has 2 rings (SSSR count). The quantitative estimate of drug-likeness (QED) is 0.686. The fraction of sp³-hybridized carbons (Fsp3) is 0.600. The van der Waals surface area contributed by atoms with Gasteiger partial charge in [0.25, 0.3) is 0 Å². The highest BCUT2D eigenvalue weighted by molar-refractivity contribution is 5.86. The fourth-order valence-electron chi connectivity index (χ4n) is 2.72. The molecule has 0 saturated carbocycles. The molecule has 132 valence electrons. The van der Waals surface area contributed by atoms with Gasteiger partial charge in [0.1, 0.15) is 19.3 Å². The van der Waals surface area contributed by atoms with E-state index in [4.69, 9.17) is 14.6 Å². The molecular formula is C15H21N3O6. The molecule has 9 nitrogen and oxygen atoms in total. The van der Waals surface area contributed by atoms with Crippen molar-refractivity contribution < 1.29 is 29.0 Å². The summed E-state index contributed by atoms with van der Waals surface area (Å²) in [7, 11) is 1.26. The third-order valence-electron chi connectivity index (χ3n) is 3.82. The van der Waals surface area contributed by atoms with Crippen LogP contribution in [-0.2, 0) is 43.4 Å². The number of esters is 1. The van der Waals surface area contributed by atoms with Crippen molar-refractivity contribution in [1.82, 2.24) is 14.5 Å². The second-order valence-electron chi connectivity index (χ2n) is 5.48. The van der Waals surface area contributed by atoms with E-state index in [2.05, 4.69) is 4.98 Å². The number of carboxylic acids is 1. The molecule has 0 radical (unpaired) electrons. The number of imidazole rings is 1. The average Bonchev–Trinajstić information content (AvgIpc) is 2.95. The number of hydrogen-bond donors (Lipinski definition) is 1. The van der Waals surface area contributed by atoms with Crippen LogP contribution in [0.1, 0.15) is 24.7 Å². The number of methoxy groups -OCH3 is 1. The number of nitrogens with zero attached hydrogens (tertiary/aromatic N) is 3. The Labute approximate surface area is 139 Å². The third kappa shape index (κ3) is 3.91. The van der Waals surface area contributed by atoms with E-state index in [0.717, 1.165) is 24.4 Å². The van der Waals surface area contributed by atoms with Crippen molar-refractivity contribution in [2.24, 2.45) is 0 Å². The second-order valence-corrected chi connectivity index (χ2v) is 5.48. The van der Waals surface area contributed by atoms with Crippen molar-refractivity contribution in [2.45, 2.75) is 38.9 Å². The van der Waals surface area contributed by atoms with Crippen LogP contribution in [0, 0.1) is 0 Å². The molecule has 0 spiro atoms. The SMILES string of the molecule is CCCn1cnc2c1CN(C(=O)COCC(=O)O)[C@H](C(=O)OC)C2. The number of carbonyl (C=O) groups is 3. The van der Waals surface area contributed by atoms with Crippen LogP contribution in [0.4, 0.5) is 0 Å². The molecule has 1 amide bonds.